The minimum atomic E-state index is -0.641. The summed E-state index contributed by atoms with van der Waals surface area (Å²) in [5.41, 5.74) is 5.87. The number of amides is 2. The summed E-state index contributed by atoms with van der Waals surface area (Å²) in [6.07, 6.45) is 2.85. The Balaban J connectivity index is 2.02. The van der Waals surface area contributed by atoms with Gasteiger partial charge in [-0.05, 0) is 24.3 Å². The smallest absolute Gasteiger partial charge is 0.355 e. The van der Waals surface area contributed by atoms with Crippen molar-refractivity contribution in [2.24, 2.45) is 10.2 Å². The number of nitrogens with one attached hydrogen (secondary N) is 2. The molecule has 0 spiro atoms. The average molecular weight is 446 g/mol. The molecule has 0 unspecified atom stereocenters. The number of ether oxygens (including phenoxy) is 6. The third-order valence-electron chi connectivity index (χ3n) is 4.13. The van der Waals surface area contributed by atoms with Crippen molar-refractivity contribution in [2.75, 3.05) is 42.7 Å². The maximum Gasteiger partial charge on any atom is 0.355 e. The Morgan fingerprint density at radius 3 is 1.19 bits per heavy atom. The van der Waals surface area contributed by atoms with Crippen LogP contribution >= 0.6 is 0 Å². The van der Waals surface area contributed by atoms with Crippen LogP contribution in [0.25, 0.3) is 0 Å². The summed E-state index contributed by atoms with van der Waals surface area (Å²) < 4.78 is 31.6. The lowest BCUT2D eigenvalue weighted by atomic mass is 10.2. The van der Waals surface area contributed by atoms with Crippen LogP contribution in [0, 0.1) is 0 Å². The molecule has 0 heterocycles. The topological polar surface area (TPSA) is 121 Å². The van der Waals surface area contributed by atoms with Gasteiger partial charge < -0.3 is 28.4 Å². The highest BCUT2D eigenvalue weighted by Crippen LogP contribution is 2.38. The van der Waals surface area contributed by atoms with Crippen molar-refractivity contribution in [3.63, 3.8) is 0 Å². The number of rotatable bonds is 10. The molecule has 0 saturated carbocycles. The number of methoxy groups -OCH3 is 6. The van der Waals surface area contributed by atoms with Gasteiger partial charge in [-0.2, -0.15) is 10.2 Å². The Hall–Kier alpha value is -4.15. The molecule has 0 aliphatic heterocycles. The van der Waals surface area contributed by atoms with Crippen LogP contribution < -0.4 is 39.3 Å². The molecule has 2 amide bonds. The van der Waals surface area contributed by atoms with Gasteiger partial charge in [-0.25, -0.2) is 15.6 Å². The number of benzene rings is 2. The first-order valence-corrected chi connectivity index (χ1v) is 9.23. The van der Waals surface area contributed by atoms with Crippen molar-refractivity contribution < 1.29 is 33.2 Å². The third kappa shape index (κ3) is 5.94. The molecule has 32 heavy (non-hydrogen) atoms. The monoisotopic (exact) mass is 446 g/mol. The van der Waals surface area contributed by atoms with E-state index < -0.39 is 6.03 Å². The maximum atomic E-state index is 11.9. The van der Waals surface area contributed by atoms with Crippen LogP contribution in [0.4, 0.5) is 4.79 Å². The predicted molar refractivity (Wildman–Crippen MR) is 119 cm³/mol. The van der Waals surface area contributed by atoms with E-state index in [0.29, 0.717) is 45.6 Å². The fourth-order valence-corrected chi connectivity index (χ4v) is 2.71. The van der Waals surface area contributed by atoms with Crippen LogP contribution in [0.15, 0.2) is 34.5 Å². The second-order valence-corrected chi connectivity index (χ2v) is 5.99. The molecule has 2 N–H and O–H groups in total. The van der Waals surface area contributed by atoms with Crippen LogP contribution in [0.1, 0.15) is 11.1 Å². The van der Waals surface area contributed by atoms with Crippen molar-refractivity contribution in [3.8, 4) is 34.5 Å². The molecule has 0 bridgehead atoms. The highest BCUT2D eigenvalue weighted by molar-refractivity contribution is 5.85. The molecule has 0 radical (unpaired) electrons. The predicted octanol–water partition coefficient (Wildman–Crippen LogP) is 2.41. The summed E-state index contributed by atoms with van der Waals surface area (Å²) in [5, 5.41) is 7.76. The molecule has 0 aromatic heterocycles. The number of hydrazone groups is 2. The molecule has 2 aromatic rings. The van der Waals surface area contributed by atoms with E-state index in [1.54, 1.807) is 24.3 Å². The summed E-state index contributed by atoms with van der Waals surface area (Å²) >= 11 is 0. The zero-order valence-corrected chi connectivity index (χ0v) is 18.7. The molecule has 2 rings (SSSR count). The highest BCUT2D eigenvalue weighted by Gasteiger charge is 2.13. The fourth-order valence-electron chi connectivity index (χ4n) is 2.71. The highest BCUT2D eigenvalue weighted by atomic mass is 16.5. The Morgan fingerprint density at radius 1 is 0.625 bits per heavy atom. The number of nitrogens with zero attached hydrogens (tertiary/aromatic N) is 2. The van der Waals surface area contributed by atoms with E-state index in [4.69, 9.17) is 28.4 Å². The summed E-state index contributed by atoms with van der Waals surface area (Å²) in [6, 6.07) is 6.11. The molecule has 0 atom stereocenters. The van der Waals surface area contributed by atoms with Crippen molar-refractivity contribution in [3.05, 3.63) is 35.4 Å². The lowest BCUT2D eigenvalue weighted by Crippen LogP contribution is -2.28. The van der Waals surface area contributed by atoms with Crippen molar-refractivity contribution in [1.29, 1.82) is 0 Å². The van der Waals surface area contributed by atoms with Crippen LogP contribution in [-0.2, 0) is 0 Å². The van der Waals surface area contributed by atoms with Crippen LogP contribution in [0.2, 0.25) is 0 Å². The Morgan fingerprint density at radius 2 is 0.938 bits per heavy atom. The molecular formula is C21H26N4O7. The SMILES string of the molecule is COc1cc(/C=N\NC(=O)N/N=C\c2cc(OC)c(OC)c(OC)c2)cc(OC)c1OC. The van der Waals surface area contributed by atoms with Gasteiger partial charge in [0.05, 0.1) is 55.1 Å². The minimum absolute atomic E-state index is 0.457. The van der Waals surface area contributed by atoms with Crippen LogP contribution in [-0.4, -0.2) is 61.1 Å². The summed E-state index contributed by atoms with van der Waals surface area (Å²) in [4.78, 5) is 11.9. The van der Waals surface area contributed by atoms with Crippen LogP contribution in [0.3, 0.4) is 0 Å². The summed E-state index contributed by atoms with van der Waals surface area (Å²) in [6.45, 7) is 0. The van der Waals surface area contributed by atoms with E-state index in [1.165, 1.54) is 55.1 Å². The Bertz CT molecular complexity index is 865. The van der Waals surface area contributed by atoms with Gasteiger partial charge in [0.1, 0.15) is 0 Å². The van der Waals surface area contributed by atoms with Gasteiger partial charge in [-0.3, -0.25) is 0 Å². The number of carbonyl (C=O) groups excluding carboxylic acids is 1. The first-order valence-electron chi connectivity index (χ1n) is 9.23. The second kappa shape index (κ2) is 11.9. The second-order valence-electron chi connectivity index (χ2n) is 5.99. The molecule has 0 saturated heterocycles. The van der Waals surface area contributed by atoms with Gasteiger partial charge in [0.15, 0.2) is 23.0 Å². The maximum absolute atomic E-state index is 11.9. The molecule has 172 valence electrons. The molecule has 2 aromatic carbocycles. The molecule has 0 aliphatic carbocycles. The minimum Gasteiger partial charge on any atom is -0.493 e. The van der Waals surface area contributed by atoms with Gasteiger partial charge in [0, 0.05) is 11.1 Å². The van der Waals surface area contributed by atoms with Gasteiger partial charge in [-0.15, -0.1) is 0 Å². The number of urea groups is 1. The number of carbonyl (C=O) groups is 1. The van der Waals surface area contributed by atoms with Crippen molar-refractivity contribution in [2.45, 2.75) is 0 Å². The van der Waals surface area contributed by atoms with E-state index in [0.717, 1.165) is 0 Å². The number of hydrogen-bond acceptors (Lipinski definition) is 9. The van der Waals surface area contributed by atoms with Gasteiger partial charge >= 0.3 is 6.03 Å². The van der Waals surface area contributed by atoms with Crippen molar-refractivity contribution in [1.82, 2.24) is 10.9 Å². The lowest BCUT2D eigenvalue weighted by molar-refractivity contribution is 0.242. The van der Waals surface area contributed by atoms with E-state index in [-0.39, 0.29) is 0 Å². The van der Waals surface area contributed by atoms with Gasteiger partial charge in [-0.1, -0.05) is 0 Å². The van der Waals surface area contributed by atoms with Crippen molar-refractivity contribution >= 4 is 18.5 Å². The third-order valence-corrected chi connectivity index (χ3v) is 4.13. The summed E-state index contributed by atoms with van der Waals surface area (Å²) in [5.74, 6) is 2.78. The quantitative estimate of drug-likeness (QED) is 0.425. The van der Waals surface area contributed by atoms with E-state index in [9.17, 15) is 4.79 Å². The van der Waals surface area contributed by atoms with Gasteiger partial charge in [0.2, 0.25) is 11.5 Å². The van der Waals surface area contributed by atoms with E-state index >= 15 is 0 Å². The molecule has 11 heteroatoms. The Labute approximate surface area is 185 Å². The fraction of sp³-hybridized carbons (Fsp3) is 0.286. The van der Waals surface area contributed by atoms with E-state index in [2.05, 4.69) is 21.1 Å². The largest absolute Gasteiger partial charge is 0.493 e. The molecule has 0 fully saturated rings. The lowest BCUT2D eigenvalue weighted by Gasteiger charge is -2.12. The zero-order chi connectivity index (χ0) is 23.5. The standard InChI is InChI=1S/C21H26N4O7/c1-27-15-7-13(8-16(28-2)19(15)31-5)11-22-24-21(26)25-23-12-14-9-17(29-3)20(32-6)18(10-14)30-4/h7-12H,1-6H3,(H2,24,25,26)/b22-11-,23-12-. The van der Waals surface area contributed by atoms with E-state index in [1.807, 2.05) is 0 Å². The number of hydrogen-bond donors (Lipinski definition) is 2. The summed E-state index contributed by atoms with van der Waals surface area (Å²) in [7, 11) is 9.06. The Kier molecular flexibility index (Phi) is 8.96. The molecule has 11 nitrogen and oxygen atoms in total. The van der Waals surface area contributed by atoms with Gasteiger partial charge in [0.25, 0.3) is 0 Å². The normalized spacial score (nSPS) is 10.7. The zero-order valence-electron chi connectivity index (χ0n) is 18.7. The van der Waals surface area contributed by atoms with Crippen LogP contribution in [0.5, 0.6) is 34.5 Å². The first kappa shape index (κ1) is 24.1. The average Bonchev–Trinajstić information content (AvgIpc) is 2.82. The molecule has 0 aliphatic rings. The first-order chi connectivity index (χ1) is 15.5. The molecular weight excluding hydrogens is 420 g/mol.